The number of aromatic nitrogens is 3. The molecule has 0 aliphatic heterocycles. The molecule has 0 aliphatic carbocycles. The fourth-order valence-corrected chi connectivity index (χ4v) is 3.86. The molecule has 0 N–H and O–H groups in total. The minimum Gasteiger partial charge on any atom is -0.356 e. The Labute approximate surface area is 139 Å². The van der Waals surface area contributed by atoms with E-state index in [9.17, 15) is 0 Å². The highest BCUT2D eigenvalue weighted by Gasteiger charge is 2.22. The van der Waals surface area contributed by atoms with Crippen LogP contribution in [0.3, 0.4) is 0 Å². The molecule has 0 aliphatic rings. The fraction of sp³-hybridized carbons (Fsp3) is 0.105. The van der Waals surface area contributed by atoms with E-state index in [2.05, 4.69) is 81.4 Å². The Morgan fingerprint density at radius 3 is 2.61 bits per heavy atom. The first-order chi connectivity index (χ1) is 11.3. The van der Waals surface area contributed by atoms with Crippen molar-refractivity contribution in [3.8, 4) is 11.1 Å². The molecule has 3 heterocycles. The molecule has 0 amide bonds. The minimum atomic E-state index is 0.147. The summed E-state index contributed by atoms with van der Waals surface area (Å²) in [5.74, 6) is 0. The summed E-state index contributed by atoms with van der Waals surface area (Å²) < 4.78 is 4.31. The molecule has 0 saturated heterocycles. The summed E-state index contributed by atoms with van der Waals surface area (Å²) in [4.78, 5) is 5.56. The lowest BCUT2D eigenvalue weighted by atomic mass is 9.98. The summed E-state index contributed by atoms with van der Waals surface area (Å²) in [7, 11) is 2.08. The number of hydrogen-bond acceptors (Lipinski definition) is 2. The van der Waals surface area contributed by atoms with E-state index in [1.54, 1.807) is 11.3 Å². The van der Waals surface area contributed by atoms with Crippen molar-refractivity contribution >= 4 is 11.3 Å². The summed E-state index contributed by atoms with van der Waals surface area (Å²) in [6.07, 6.45) is 10.2. The van der Waals surface area contributed by atoms with Gasteiger partial charge in [0, 0.05) is 47.8 Å². The van der Waals surface area contributed by atoms with Crippen LogP contribution in [0.15, 0.2) is 79.0 Å². The van der Waals surface area contributed by atoms with Gasteiger partial charge < -0.3 is 9.13 Å². The molecule has 1 aromatic carbocycles. The van der Waals surface area contributed by atoms with E-state index < -0.39 is 0 Å². The van der Waals surface area contributed by atoms with Gasteiger partial charge in [0.15, 0.2) is 0 Å². The van der Waals surface area contributed by atoms with E-state index in [0.717, 1.165) is 0 Å². The monoisotopic (exact) mass is 319 g/mol. The van der Waals surface area contributed by atoms with E-state index in [-0.39, 0.29) is 6.04 Å². The zero-order valence-electron chi connectivity index (χ0n) is 12.8. The van der Waals surface area contributed by atoms with Gasteiger partial charge in [-0.3, -0.25) is 0 Å². The van der Waals surface area contributed by atoms with Crippen LogP contribution in [0.2, 0.25) is 0 Å². The number of hydrogen-bond donors (Lipinski definition) is 0. The number of benzene rings is 1. The Morgan fingerprint density at radius 2 is 1.91 bits per heavy atom. The van der Waals surface area contributed by atoms with Crippen LogP contribution in [-0.4, -0.2) is 14.1 Å². The maximum Gasteiger partial charge on any atom is 0.0960 e. The predicted molar refractivity (Wildman–Crippen MR) is 94.6 cm³/mol. The van der Waals surface area contributed by atoms with Gasteiger partial charge in [-0.25, -0.2) is 4.98 Å². The second-order valence-corrected chi connectivity index (χ2v) is 6.57. The first-order valence-corrected chi connectivity index (χ1v) is 8.43. The average Bonchev–Trinajstić information content (AvgIpc) is 3.32. The third-order valence-corrected chi connectivity index (χ3v) is 4.93. The van der Waals surface area contributed by atoms with Crippen LogP contribution in [0.4, 0.5) is 0 Å². The zero-order valence-corrected chi connectivity index (χ0v) is 13.6. The maximum atomic E-state index is 4.25. The predicted octanol–water partition coefficient (Wildman–Crippen LogP) is 4.59. The summed E-state index contributed by atoms with van der Waals surface area (Å²) in [5, 5.41) is 2.13. The number of rotatable bonds is 4. The lowest BCUT2D eigenvalue weighted by Gasteiger charge is -2.18. The highest BCUT2D eigenvalue weighted by atomic mass is 32.1. The van der Waals surface area contributed by atoms with Crippen LogP contribution in [0.25, 0.3) is 11.1 Å². The topological polar surface area (TPSA) is 22.8 Å². The van der Waals surface area contributed by atoms with Gasteiger partial charge in [-0.05, 0) is 17.0 Å². The first-order valence-electron chi connectivity index (χ1n) is 7.55. The lowest BCUT2D eigenvalue weighted by Crippen LogP contribution is -2.09. The summed E-state index contributed by atoms with van der Waals surface area (Å²) in [6, 6.07) is 15.0. The van der Waals surface area contributed by atoms with Crippen LogP contribution in [-0.2, 0) is 7.05 Å². The van der Waals surface area contributed by atoms with Crippen LogP contribution >= 0.6 is 11.3 Å². The average molecular weight is 319 g/mol. The van der Waals surface area contributed by atoms with Gasteiger partial charge in [0.1, 0.15) is 0 Å². The SMILES string of the molecule is Cn1cc(-c2ccccc2)c(C(c2cccs2)n2ccnc2)c1. The normalized spacial score (nSPS) is 12.4. The molecule has 4 heteroatoms. The molecule has 0 fully saturated rings. The molecule has 0 saturated carbocycles. The van der Waals surface area contributed by atoms with Crippen molar-refractivity contribution < 1.29 is 0 Å². The number of thiophene rings is 1. The van der Waals surface area contributed by atoms with Gasteiger partial charge in [0.25, 0.3) is 0 Å². The van der Waals surface area contributed by atoms with Gasteiger partial charge >= 0.3 is 0 Å². The van der Waals surface area contributed by atoms with Crippen molar-refractivity contribution in [1.82, 2.24) is 14.1 Å². The van der Waals surface area contributed by atoms with Crippen molar-refractivity contribution in [1.29, 1.82) is 0 Å². The van der Waals surface area contributed by atoms with E-state index in [0.29, 0.717) is 0 Å². The Morgan fingerprint density at radius 1 is 1.04 bits per heavy atom. The summed E-state index contributed by atoms with van der Waals surface area (Å²) >= 11 is 1.78. The van der Waals surface area contributed by atoms with Gasteiger partial charge in [-0.2, -0.15) is 0 Å². The molecule has 3 nitrogen and oxygen atoms in total. The van der Waals surface area contributed by atoms with Crippen molar-refractivity contribution in [3.63, 3.8) is 0 Å². The van der Waals surface area contributed by atoms with Crippen molar-refractivity contribution in [2.24, 2.45) is 7.05 Å². The second-order valence-electron chi connectivity index (χ2n) is 5.59. The fourth-order valence-electron chi connectivity index (χ4n) is 3.01. The molecule has 0 spiro atoms. The molecule has 0 bridgehead atoms. The van der Waals surface area contributed by atoms with Crippen molar-refractivity contribution in [2.45, 2.75) is 6.04 Å². The number of imidazole rings is 1. The van der Waals surface area contributed by atoms with Crippen molar-refractivity contribution in [3.05, 3.63) is 89.4 Å². The third kappa shape index (κ3) is 2.62. The van der Waals surface area contributed by atoms with Gasteiger partial charge in [0.05, 0.1) is 12.4 Å². The Kier molecular flexibility index (Phi) is 3.60. The lowest BCUT2D eigenvalue weighted by molar-refractivity contribution is 0.687. The molecule has 3 aromatic heterocycles. The smallest absolute Gasteiger partial charge is 0.0960 e. The van der Waals surface area contributed by atoms with E-state index in [1.807, 2.05) is 18.7 Å². The highest BCUT2D eigenvalue weighted by Crippen LogP contribution is 2.36. The first kappa shape index (κ1) is 14.0. The Balaban J connectivity index is 1.91. The largest absolute Gasteiger partial charge is 0.356 e. The van der Waals surface area contributed by atoms with Gasteiger partial charge in [0.2, 0.25) is 0 Å². The van der Waals surface area contributed by atoms with E-state index >= 15 is 0 Å². The van der Waals surface area contributed by atoms with Gasteiger partial charge in [-0.15, -0.1) is 11.3 Å². The zero-order chi connectivity index (χ0) is 15.6. The van der Waals surface area contributed by atoms with Crippen LogP contribution in [0.1, 0.15) is 16.5 Å². The third-order valence-electron chi connectivity index (χ3n) is 4.00. The quantitative estimate of drug-likeness (QED) is 0.539. The summed E-state index contributed by atoms with van der Waals surface area (Å²) in [5.41, 5.74) is 3.80. The molecular formula is C19H17N3S. The minimum absolute atomic E-state index is 0.147. The second kappa shape index (κ2) is 5.89. The van der Waals surface area contributed by atoms with Crippen LogP contribution < -0.4 is 0 Å². The van der Waals surface area contributed by atoms with E-state index in [4.69, 9.17) is 0 Å². The number of nitrogens with zero attached hydrogens (tertiary/aromatic N) is 3. The molecule has 1 unspecified atom stereocenters. The molecule has 4 aromatic rings. The standard InChI is InChI=1S/C19H17N3S/c1-21-12-16(15-6-3-2-4-7-15)17(13-21)19(18-8-5-11-23-18)22-10-9-20-14-22/h2-14,19H,1H3. The van der Waals surface area contributed by atoms with E-state index in [1.165, 1.54) is 21.6 Å². The van der Waals surface area contributed by atoms with Gasteiger partial charge in [-0.1, -0.05) is 36.4 Å². The molecule has 1 atom stereocenters. The molecule has 114 valence electrons. The van der Waals surface area contributed by atoms with Crippen LogP contribution in [0, 0.1) is 0 Å². The Bertz CT molecular complexity index is 840. The number of aryl methyl sites for hydroxylation is 1. The Hall–Kier alpha value is -2.59. The summed E-state index contributed by atoms with van der Waals surface area (Å²) in [6.45, 7) is 0. The van der Waals surface area contributed by atoms with Crippen LogP contribution in [0.5, 0.6) is 0 Å². The molecular weight excluding hydrogens is 302 g/mol. The van der Waals surface area contributed by atoms with Crippen molar-refractivity contribution in [2.75, 3.05) is 0 Å². The molecule has 0 radical (unpaired) electrons. The molecule has 23 heavy (non-hydrogen) atoms. The maximum absolute atomic E-state index is 4.25. The highest BCUT2D eigenvalue weighted by molar-refractivity contribution is 7.10. The molecule has 4 rings (SSSR count).